The molecule has 0 heterocycles. The Hall–Kier alpha value is -0.790. The molecule has 0 atom stereocenters. The Morgan fingerprint density at radius 3 is 1.68 bits per heavy atom. The first-order chi connectivity index (χ1) is 9.41. The average molecular weight is 268 g/mol. The van der Waals surface area contributed by atoms with Crippen molar-refractivity contribution in [3.05, 3.63) is 12.3 Å². The van der Waals surface area contributed by atoms with Gasteiger partial charge in [-0.05, 0) is 18.9 Å². The topological polar surface area (TPSA) is 26.3 Å². The molecule has 2 nitrogen and oxygen atoms in total. The van der Waals surface area contributed by atoms with Gasteiger partial charge in [-0.25, -0.2) is 0 Å². The summed E-state index contributed by atoms with van der Waals surface area (Å²) >= 11 is 0. The number of hydrogen-bond acceptors (Lipinski definition) is 2. The van der Waals surface area contributed by atoms with Crippen LogP contribution in [0.3, 0.4) is 0 Å². The highest BCUT2D eigenvalue weighted by atomic mass is 16.5. The molecule has 0 saturated heterocycles. The Kier molecular flexibility index (Phi) is 16.5. The molecule has 0 amide bonds. The maximum absolute atomic E-state index is 9.87. The van der Waals surface area contributed by atoms with Crippen molar-refractivity contribution in [1.29, 1.82) is 0 Å². The Labute approximate surface area is 119 Å². The molecule has 0 rings (SSSR count). The van der Waals surface area contributed by atoms with Crippen LogP contribution in [0.1, 0.15) is 90.4 Å². The quantitative estimate of drug-likeness (QED) is 0.214. The summed E-state index contributed by atoms with van der Waals surface area (Å²) < 4.78 is 4.48. The van der Waals surface area contributed by atoms with Crippen LogP contribution in [0, 0.1) is 0 Å². The monoisotopic (exact) mass is 268 g/mol. The van der Waals surface area contributed by atoms with Crippen molar-refractivity contribution in [3.63, 3.8) is 0 Å². The first-order valence-electron chi connectivity index (χ1n) is 8.16. The van der Waals surface area contributed by atoms with Gasteiger partial charge in [0.2, 0.25) is 0 Å². The Balaban J connectivity index is 2.97. The fourth-order valence-corrected chi connectivity index (χ4v) is 2.26. The fraction of sp³-hybridized carbons (Fsp3) is 0.824. The number of allylic oxidation sites excluding steroid dienone is 1. The van der Waals surface area contributed by atoms with Crippen LogP contribution >= 0.6 is 0 Å². The highest BCUT2D eigenvalue weighted by molar-refractivity contribution is 5.38. The molecule has 0 unspecified atom stereocenters. The van der Waals surface area contributed by atoms with Gasteiger partial charge in [0.15, 0.2) is 0 Å². The van der Waals surface area contributed by atoms with E-state index in [1.165, 1.54) is 83.3 Å². The predicted molar refractivity (Wildman–Crippen MR) is 82.0 cm³/mol. The Bertz CT molecular complexity index is 199. The highest BCUT2D eigenvalue weighted by Gasteiger charge is 1.92. The molecule has 0 N–H and O–H groups in total. The first kappa shape index (κ1) is 18.2. The van der Waals surface area contributed by atoms with Gasteiger partial charge in [0, 0.05) is 0 Å². The smallest absolute Gasteiger partial charge is 0.297 e. The van der Waals surface area contributed by atoms with Crippen LogP contribution in [0.2, 0.25) is 0 Å². The SMILES string of the molecule is CCCCCCCCCCCCCC/C=C/OC=O. The summed E-state index contributed by atoms with van der Waals surface area (Å²) in [6.07, 6.45) is 20.9. The number of carbonyl (C=O) groups is 1. The third-order valence-electron chi connectivity index (χ3n) is 3.45. The lowest BCUT2D eigenvalue weighted by Gasteiger charge is -2.02. The van der Waals surface area contributed by atoms with Crippen molar-refractivity contribution in [1.82, 2.24) is 0 Å². The van der Waals surface area contributed by atoms with Gasteiger partial charge in [-0.2, -0.15) is 0 Å². The van der Waals surface area contributed by atoms with Crippen LogP contribution in [-0.2, 0) is 9.53 Å². The van der Waals surface area contributed by atoms with Gasteiger partial charge in [-0.1, -0.05) is 77.6 Å². The van der Waals surface area contributed by atoms with Crippen LogP contribution in [0.15, 0.2) is 12.3 Å². The summed E-state index contributed by atoms with van der Waals surface area (Å²) in [5.74, 6) is 0. The van der Waals surface area contributed by atoms with E-state index in [0.717, 1.165) is 6.42 Å². The minimum absolute atomic E-state index is 0.457. The van der Waals surface area contributed by atoms with E-state index < -0.39 is 0 Å². The van der Waals surface area contributed by atoms with Crippen LogP contribution in [0.5, 0.6) is 0 Å². The molecule has 0 aliphatic rings. The van der Waals surface area contributed by atoms with Gasteiger partial charge in [0.05, 0.1) is 6.26 Å². The van der Waals surface area contributed by atoms with Crippen molar-refractivity contribution in [2.75, 3.05) is 0 Å². The molecule has 0 radical (unpaired) electrons. The summed E-state index contributed by atoms with van der Waals surface area (Å²) in [4.78, 5) is 9.87. The van der Waals surface area contributed by atoms with Gasteiger partial charge in [0.1, 0.15) is 0 Å². The van der Waals surface area contributed by atoms with Gasteiger partial charge >= 0.3 is 0 Å². The summed E-state index contributed by atoms with van der Waals surface area (Å²) in [6.45, 7) is 2.73. The molecule has 0 aliphatic carbocycles. The highest BCUT2D eigenvalue weighted by Crippen LogP contribution is 2.12. The maximum Gasteiger partial charge on any atom is 0.297 e. The zero-order valence-electron chi connectivity index (χ0n) is 12.7. The molecular weight excluding hydrogens is 236 g/mol. The van der Waals surface area contributed by atoms with Crippen molar-refractivity contribution in [2.45, 2.75) is 90.4 Å². The van der Waals surface area contributed by atoms with E-state index >= 15 is 0 Å². The van der Waals surface area contributed by atoms with Crippen LogP contribution in [-0.4, -0.2) is 6.47 Å². The largest absolute Gasteiger partial charge is 0.437 e. The van der Waals surface area contributed by atoms with Crippen molar-refractivity contribution in [2.24, 2.45) is 0 Å². The second-order valence-electron chi connectivity index (χ2n) is 5.28. The molecule has 112 valence electrons. The molecular formula is C17H32O2. The summed E-state index contributed by atoms with van der Waals surface area (Å²) in [5, 5.41) is 0. The number of unbranched alkanes of at least 4 members (excludes halogenated alkanes) is 12. The van der Waals surface area contributed by atoms with E-state index in [0.29, 0.717) is 6.47 Å². The molecule has 19 heavy (non-hydrogen) atoms. The lowest BCUT2D eigenvalue weighted by atomic mass is 10.0. The zero-order valence-corrected chi connectivity index (χ0v) is 12.7. The van der Waals surface area contributed by atoms with E-state index in [4.69, 9.17) is 0 Å². The van der Waals surface area contributed by atoms with E-state index in [1.54, 1.807) is 0 Å². The van der Waals surface area contributed by atoms with E-state index in [9.17, 15) is 4.79 Å². The molecule has 0 aromatic heterocycles. The number of carbonyl (C=O) groups excluding carboxylic acids is 1. The summed E-state index contributed by atoms with van der Waals surface area (Å²) in [7, 11) is 0. The zero-order chi connectivity index (χ0) is 14.0. The first-order valence-corrected chi connectivity index (χ1v) is 8.16. The summed E-state index contributed by atoms with van der Waals surface area (Å²) in [5.41, 5.74) is 0. The minimum Gasteiger partial charge on any atom is -0.437 e. The molecule has 0 aliphatic heterocycles. The lowest BCUT2D eigenvalue weighted by molar-refractivity contribution is -0.123. The maximum atomic E-state index is 9.87. The third kappa shape index (κ3) is 17.2. The normalized spacial score (nSPS) is 11.0. The Morgan fingerprint density at radius 2 is 1.21 bits per heavy atom. The predicted octanol–water partition coefficient (Wildman–Crippen LogP) is 5.76. The van der Waals surface area contributed by atoms with E-state index in [1.807, 2.05) is 6.08 Å². The van der Waals surface area contributed by atoms with Crippen LogP contribution in [0.4, 0.5) is 0 Å². The molecule has 0 bridgehead atoms. The van der Waals surface area contributed by atoms with Gasteiger partial charge < -0.3 is 4.74 Å². The molecule has 0 aromatic rings. The standard InChI is InChI=1S/C17H32O2/c1-2-3-4-5-6-7-8-9-10-11-12-13-14-15-16-19-17-18/h15-17H,2-14H2,1H3/b16-15+. The minimum atomic E-state index is 0.457. The third-order valence-corrected chi connectivity index (χ3v) is 3.45. The second kappa shape index (κ2) is 17.2. The van der Waals surface area contributed by atoms with Crippen molar-refractivity contribution < 1.29 is 9.53 Å². The molecule has 0 saturated carbocycles. The number of rotatable bonds is 15. The molecule has 0 spiro atoms. The van der Waals surface area contributed by atoms with Gasteiger partial charge in [-0.15, -0.1) is 0 Å². The number of hydrogen-bond donors (Lipinski definition) is 0. The van der Waals surface area contributed by atoms with Crippen LogP contribution < -0.4 is 0 Å². The van der Waals surface area contributed by atoms with E-state index in [2.05, 4.69) is 11.7 Å². The van der Waals surface area contributed by atoms with Crippen molar-refractivity contribution >= 4 is 6.47 Å². The summed E-state index contributed by atoms with van der Waals surface area (Å²) in [6, 6.07) is 0. The van der Waals surface area contributed by atoms with Gasteiger partial charge in [-0.3, -0.25) is 4.79 Å². The average Bonchev–Trinajstić information content (AvgIpc) is 2.43. The molecule has 0 fully saturated rings. The van der Waals surface area contributed by atoms with Crippen LogP contribution in [0.25, 0.3) is 0 Å². The second-order valence-corrected chi connectivity index (χ2v) is 5.28. The molecule has 2 heteroatoms. The molecule has 0 aromatic carbocycles. The van der Waals surface area contributed by atoms with Crippen molar-refractivity contribution in [3.8, 4) is 0 Å². The number of ether oxygens (including phenoxy) is 1. The lowest BCUT2D eigenvalue weighted by Crippen LogP contribution is -1.82. The Morgan fingerprint density at radius 1 is 0.737 bits per heavy atom. The fourth-order valence-electron chi connectivity index (χ4n) is 2.26. The van der Waals surface area contributed by atoms with Gasteiger partial charge in [0.25, 0.3) is 6.47 Å². The van der Waals surface area contributed by atoms with E-state index in [-0.39, 0.29) is 0 Å².